The molecule has 142 valence electrons. The van der Waals surface area contributed by atoms with E-state index in [1.54, 1.807) is 12.1 Å². The van der Waals surface area contributed by atoms with Crippen LogP contribution in [0.4, 0.5) is 4.39 Å². The number of aryl methyl sites for hydroxylation is 2. The molecule has 2 heterocycles. The number of nitrogens with zero attached hydrogens (tertiary/aromatic N) is 1. The minimum Gasteiger partial charge on any atom is -0.358 e. The summed E-state index contributed by atoms with van der Waals surface area (Å²) in [7, 11) is 2.21. The molecule has 1 aliphatic rings. The molecule has 1 N–H and O–H groups in total. The molecule has 0 amide bonds. The number of aromatic amines is 1. The highest BCUT2D eigenvalue weighted by molar-refractivity contribution is 5.88. The third kappa shape index (κ3) is 3.79. The number of H-pyrrole nitrogens is 1. The Hall–Kier alpha value is -2.13. The van der Waals surface area contributed by atoms with Crippen molar-refractivity contribution >= 4 is 10.9 Å². The fourth-order valence-electron chi connectivity index (χ4n) is 4.38. The minimum absolute atomic E-state index is 0.162. The summed E-state index contributed by atoms with van der Waals surface area (Å²) in [6.07, 6.45) is 4.33. The summed E-state index contributed by atoms with van der Waals surface area (Å²) in [4.78, 5) is 6.18. The number of aromatic nitrogens is 1. The molecule has 27 heavy (non-hydrogen) atoms. The summed E-state index contributed by atoms with van der Waals surface area (Å²) in [5.74, 6) is 0.257. The monoisotopic (exact) mass is 364 g/mol. The molecule has 3 aromatic rings. The lowest BCUT2D eigenvalue weighted by Gasteiger charge is -2.14. The number of nitrogens with one attached hydrogen (secondary N) is 1. The molecule has 0 saturated heterocycles. The maximum absolute atomic E-state index is 13.2. The van der Waals surface area contributed by atoms with E-state index in [2.05, 4.69) is 42.9 Å². The van der Waals surface area contributed by atoms with Crippen LogP contribution in [-0.2, 0) is 19.3 Å². The van der Waals surface area contributed by atoms with Gasteiger partial charge in [0.25, 0.3) is 0 Å². The number of benzene rings is 2. The molecule has 2 nitrogen and oxygen atoms in total. The summed E-state index contributed by atoms with van der Waals surface area (Å²) in [6, 6.07) is 11.6. The zero-order valence-electron chi connectivity index (χ0n) is 16.6. The van der Waals surface area contributed by atoms with Crippen LogP contribution in [0.15, 0.2) is 36.4 Å². The lowest BCUT2D eigenvalue weighted by molar-refractivity contribution is 0.352. The number of hydrogen-bond donors (Lipinski definition) is 1. The maximum Gasteiger partial charge on any atom is 0.123 e. The molecule has 1 aromatic heterocycles. The van der Waals surface area contributed by atoms with Gasteiger partial charge in [-0.15, -0.1) is 0 Å². The highest BCUT2D eigenvalue weighted by Gasteiger charge is 2.18. The van der Waals surface area contributed by atoms with Gasteiger partial charge in [-0.3, -0.25) is 0 Å². The summed E-state index contributed by atoms with van der Waals surface area (Å²) in [5.41, 5.74) is 8.25. The van der Waals surface area contributed by atoms with Gasteiger partial charge in [-0.2, -0.15) is 0 Å². The fraction of sp³-hybridized carbons (Fsp3) is 0.417. The zero-order chi connectivity index (χ0) is 19.0. The van der Waals surface area contributed by atoms with E-state index in [1.807, 2.05) is 12.1 Å². The summed E-state index contributed by atoms with van der Waals surface area (Å²) in [5, 5.41) is 1.42. The van der Waals surface area contributed by atoms with E-state index in [9.17, 15) is 4.39 Å². The molecule has 0 spiro atoms. The molecule has 4 rings (SSSR count). The van der Waals surface area contributed by atoms with Crippen molar-refractivity contribution in [1.29, 1.82) is 0 Å². The highest BCUT2D eigenvalue weighted by Crippen LogP contribution is 2.31. The number of fused-ring (bicyclic) bond motifs is 3. The van der Waals surface area contributed by atoms with Crippen molar-refractivity contribution in [3.63, 3.8) is 0 Å². The van der Waals surface area contributed by atoms with Crippen molar-refractivity contribution in [2.45, 2.75) is 45.4 Å². The second kappa shape index (κ2) is 7.47. The first-order valence-corrected chi connectivity index (χ1v) is 10.1. The Morgan fingerprint density at radius 2 is 1.85 bits per heavy atom. The van der Waals surface area contributed by atoms with Gasteiger partial charge in [0.2, 0.25) is 0 Å². The van der Waals surface area contributed by atoms with Crippen LogP contribution in [-0.4, -0.2) is 30.0 Å². The maximum atomic E-state index is 13.2. The Kier molecular flexibility index (Phi) is 5.05. The Labute approximate surface area is 161 Å². The van der Waals surface area contributed by atoms with E-state index in [0.29, 0.717) is 5.92 Å². The van der Waals surface area contributed by atoms with Crippen LogP contribution < -0.4 is 0 Å². The van der Waals surface area contributed by atoms with Crippen molar-refractivity contribution in [3.05, 3.63) is 70.2 Å². The van der Waals surface area contributed by atoms with E-state index >= 15 is 0 Å². The van der Waals surface area contributed by atoms with Crippen LogP contribution in [0.5, 0.6) is 0 Å². The Bertz CT molecular complexity index is 939. The van der Waals surface area contributed by atoms with Gasteiger partial charge in [0.05, 0.1) is 0 Å². The average Bonchev–Trinajstić information content (AvgIpc) is 2.89. The fourth-order valence-corrected chi connectivity index (χ4v) is 4.38. The Balaban J connectivity index is 1.60. The minimum atomic E-state index is -0.162. The van der Waals surface area contributed by atoms with Gasteiger partial charge in [-0.25, -0.2) is 4.39 Å². The lowest BCUT2D eigenvalue weighted by atomic mass is 9.92. The van der Waals surface area contributed by atoms with Gasteiger partial charge in [0.1, 0.15) is 5.82 Å². The second-order valence-electron chi connectivity index (χ2n) is 8.22. The largest absolute Gasteiger partial charge is 0.358 e. The van der Waals surface area contributed by atoms with Gasteiger partial charge in [-0.05, 0) is 74.0 Å². The predicted molar refractivity (Wildman–Crippen MR) is 111 cm³/mol. The number of rotatable bonds is 4. The molecule has 0 aliphatic carbocycles. The van der Waals surface area contributed by atoms with Crippen LogP contribution in [0.25, 0.3) is 10.9 Å². The third-order valence-electron chi connectivity index (χ3n) is 6.10. The van der Waals surface area contributed by atoms with Crippen LogP contribution in [0.2, 0.25) is 0 Å². The standard InChI is InChI=1S/C24H29FN2/c1-16-14-19(5-4-17(2)18-6-8-20(25)9-7-18)24-22(15-16)21-10-12-27(3)13-11-23(21)26-24/h6-9,14-15,17,26H,4-5,10-13H2,1-3H3. The van der Waals surface area contributed by atoms with Crippen molar-refractivity contribution < 1.29 is 4.39 Å². The molecule has 1 unspecified atom stereocenters. The quantitative estimate of drug-likeness (QED) is 0.658. The van der Waals surface area contributed by atoms with Crippen LogP contribution in [0.1, 0.15) is 47.2 Å². The number of hydrogen-bond acceptors (Lipinski definition) is 1. The van der Waals surface area contributed by atoms with Gasteiger partial charge in [0, 0.05) is 36.1 Å². The van der Waals surface area contributed by atoms with E-state index in [-0.39, 0.29) is 5.82 Å². The van der Waals surface area contributed by atoms with Gasteiger partial charge in [0.15, 0.2) is 0 Å². The summed E-state index contributed by atoms with van der Waals surface area (Å²) >= 11 is 0. The Morgan fingerprint density at radius 3 is 2.63 bits per heavy atom. The molecular formula is C24H29FN2. The summed E-state index contributed by atoms with van der Waals surface area (Å²) < 4.78 is 13.2. The SMILES string of the molecule is Cc1cc(CCC(C)c2ccc(F)cc2)c2[nH]c3c(c2c1)CCN(C)CC3. The summed E-state index contributed by atoms with van der Waals surface area (Å²) in [6.45, 7) is 6.69. The van der Waals surface area contributed by atoms with Crippen molar-refractivity contribution in [3.8, 4) is 0 Å². The molecule has 0 saturated carbocycles. The third-order valence-corrected chi connectivity index (χ3v) is 6.10. The molecule has 1 atom stereocenters. The predicted octanol–water partition coefficient (Wildman–Crippen LogP) is 5.38. The lowest BCUT2D eigenvalue weighted by Crippen LogP contribution is -2.21. The first kappa shape index (κ1) is 18.2. The smallest absolute Gasteiger partial charge is 0.123 e. The molecule has 0 radical (unpaired) electrons. The van der Waals surface area contributed by atoms with Gasteiger partial charge in [-0.1, -0.05) is 30.7 Å². The Morgan fingerprint density at radius 1 is 1.11 bits per heavy atom. The molecule has 3 heteroatoms. The van der Waals surface area contributed by atoms with E-state index in [4.69, 9.17) is 0 Å². The van der Waals surface area contributed by atoms with Crippen LogP contribution in [0, 0.1) is 12.7 Å². The number of halogens is 1. The van der Waals surface area contributed by atoms with Crippen molar-refractivity contribution in [2.24, 2.45) is 0 Å². The van der Waals surface area contributed by atoms with Crippen LogP contribution in [0.3, 0.4) is 0 Å². The highest BCUT2D eigenvalue weighted by atomic mass is 19.1. The van der Waals surface area contributed by atoms with Gasteiger partial charge >= 0.3 is 0 Å². The zero-order valence-corrected chi connectivity index (χ0v) is 16.6. The second-order valence-corrected chi connectivity index (χ2v) is 8.22. The first-order chi connectivity index (χ1) is 13.0. The average molecular weight is 365 g/mol. The van der Waals surface area contributed by atoms with Gasteiger partial charge < -0.3 is 9.88 Å². The first-order valence-electron chi connectivity index (χ1n) is 10.1. The van der Waals surface area contributed by atoms with E-state index in [0.717, 1.165) is 38.8 Å². The molecule has 2 aromatic carbocycles. The molecule has 0 fully saturated rings. The molecule has 0 bridgehead atoms. The molecular weight excluding hydrogens is 335 g/mol. The van der Waals surface area contributed by atoms with Crippen molar-refractivity contribution in [2.75, 3.05) is 20.1 Å². The van der Waals surface area contributed by atoms with Crippen molar-refractivity contribution in [1.82, 2.24) is 9.88 Å². The molecule has 1 aliphatic heterocycles. The topological polar surface area (TPSA) is 19.0 Å². The van der Waals surface area contributed by atoms with E-state index in [1.165, 1.54) is 38.9 Å². The number of likely N-dealkylation sites (N-methyl/N-ethyl adjacent to an activating group) is 1. The van der Waals surface area contributed by atoms with E-state index < -0.39 is 0 Å². The normalized spacial score (nSPS) is 16.3. The van der Waals surface area contributed by atoms with Crippen LogP contribution >= 0.6 is 0 Å².